The van der Waals surface area contributed by atoms with Crippen molar-refractivity contribution in [2.45, 2.75) is 26.3 Å². The van der Waals surface area contributed by atoms with E-state index in [-0.39, 0.29) is 0 Å². The maximum Gasteiger partial charge on any atom is 0.320 e. The summed E-state index contributed by atoms with van der Waals surface area (Å²) in [5.41, 5.74) is 5.02. The molecule has 0 aromatic rings. The Morgan fingerprint density at radius 1 is 1.45 bits per heavy atom. The molecule has 11 heavy (non-hydrogen) atoms. The minimum Gasteiger partial charge on any atom is -0.481 e. The number of carboxylic acids is 2. The van der Waals surface area contributed by atoms with Gasteiger partial charge in [-0.05, 0) is 6.42 Å². The van der Waals surface area contributed by atoms with E-state index >= 15 is 0 Å². The van der Waals surface area contributed by atoms with E-state index in [1.54, 1.807) is 6.92 Å². The molecule has 0 aromatic heterocycles. The number of hydrogen-bond acceptors (Lipinski definition) is 3. The Morgan fingerprint density at radius 3 is 1.73 bits per heavy atom. The Labute approximate surface area is 64.8 Å². The molecule has 0 radical (unpaired) electrons. The highest BCUT2D eigenvalue weighted by Gasteiger charge is 2.05. The minimum atomic E-state index is -0.928. The summed E-state index contributed by atoms with van der Waals surface area (Å²) in [4.78, 5) is 18.8. The van der Waals surface area contributed by atoms with Crippen LogP contribution < -0.4 is 5.73 Å². The third-order valence-corrected chi connectivity index (χ3v) is 0.757. The average Bonchev–Trinajstić information content (AvgIpc) is 1.85. The first-order valence-electron chi connectivity index (χ1n) is 3.09. The largest absolute Gasteiger partial charge is 0.481 e. The number of hydrogen-bond donors (Lipinski definition) is 3. The zero-order chi connectivity index (χ0) is 9.44. The minimum absolute atomic E-state index is 0.495. The lowest BCUT2D eigenvalue weighted by atomic mass is 10.2. The monoisotopic (exact) mass is 163 g/mol. The second-order valence-electron chi connectivity index (χ2n) is 1.87. The molecule has 0 spiro atoms. The van der Waals surface area contributed by atoms with Crippen LogP contribution in [0.1, 0.15) is 20.3 Å². The van der Waals surface area contributed by atoms with E-state index in [0.29, 0.717) is 6.42 Å². The first-order chi connectivity index (χ1) is 4.91. The highest BCUT2D eigenvalue weighted by molar-refractivity contribution is 5.72. The van der Waals surface area contributed by atoms with Crippen LogP contribution in [-0.2, 0) is 9.59 Å². The number of aliphatic carboxylic acids is 2. The topological polar surface area (TPSA) is 101 Å². The van der Waals surface area contributed by atoms with Crippen molar-refractivity contribution in [2.75, 3.05) is 0 Å². The molecule has 0 bridgehead atoms. The molecular formula is C6H13NO4. The standard InChI is InChI=1S/C4H9NO2.C2H4O2/c1-2-3(5)4(6)7;1-2(3)4/h3H,2,5H2,1H3,(H,6,7);1H3,(H,3,4). The van der Waals surface area contributed by atoms with Crippen LogP contribution in [0, 0.1) is 0 Å². The van der Waals surface area contributed by atoms with E-state index in [2.05, 4.69) is 0 Å². The summed E-state index contributed by atoms with van der Waals surface area (Å²) in [6, 6.07) is -0.681. The Hall–Kier alpha value is -1.10. The maximum atomic E-state index is 9.81. The highest BCUT2D eigenvalue weighted by Crippen LogP contribution is 1.82. The Kier molecular flexibility index (Phi) is 8.01. The molecule has 1 atom stereocenters. The van der Waals surface area contributed by atoms with Gasteiger partial charge in [0.2, 0.25) is 0 Å². The molecule has 0 heterocycles. The van der Waals surface area contributed by atoms with Gasteiger partial charge in [-0.1, -0.05) is 6.92 Å². The van der Waals surface area contributed by atoms with Crippen LogP contribution in [0.15, 0.2) is 0 Å². The van der Waals surface area contributed by atoms with Crippen molar-refractivity contribution < 1.29 is 19.8 Å². The summed E-state index contributed by atoms with van der Waals surface area (Å²) >= 11 is 0. The predicted molar refractivity (Wildman–Crippen MR) is 39.2 cm³/mol. The van der Waals surface area contributed by atoms with Crippen molar-refractivity contribution in [2.24, 2.45) is 5.73 Å². The lowest BCUT2D eigenvalue weighted by molar-refractivity contribution is -0.138. The number of carboxylic acid groups (broad SMARTS) is 2. The van der Waals surface area contributed by atoms with Crippen molar-refractivity contribution in [3.05, 3.63) is 0 Å². The first kappa shape index (κ1) is 12.6. The Morgan fingerprint density at radius 2 is 1.73 bits per heavy atom. The molecule has 5 nitrogen and oxygen atoms in total. The van der Waals surface area contributed by atoms with E-state index in [1.165, 1.54) is 0 Å². The summed E-state index contributed by atoms with van der Waals surface area (Å²) in [6.07, 6.45) is 0.495. The van der Waals surface area contributed by atoms with Gasteiger partial charge in [-0.25, -0.2) is 0 Å². The third kappa shape index (κ3) is 17.6. The van der Waals surface area contributed by atoms with Crippen LogP contribution >= 0.6 is 0 Å². The van der Waals surface area contributed by atoms with E-state index < -0.39 is 18.0 Å². The van der Waals surface area contributed by atoms with E-state index in [9.17, 15) is 4.79 Å². The molecule has 66 valence electrons. The van der Waals surface area contributed by atoms with E-state index in [4.69, 9.17) is 20.7 Å². The quantitative estimate of drug-likeness (QED) is 0.527. The van der Waals surface area contributed by atoms with Crippen LogP contribution in [-0.4, -0.2) is 28.2 Å². The average molecular weight is 163 g/mol. The predicted octanol–water partition coefficient (Wildman–Crippen LogP) is -0.101. The molecule has 1 unspecified atom stereocenters. The molecule has 0 aromatic carbocycles. The van der Waals surface area contributed by atoms with Gasteiger partial charge in [0.25, 0.3) is 5.97 Å². The normalized spacial score (nSPS) is 10.8. The van der Waals surface area contributed by atoms with Gasteiger partial charge in [-0.15, -0.1) is 0 Å². The third-order valence-electron chi connectivity index (χ3n) is 0.757. The van der Waals surface area contributed by atoms with E-state index in [0.717, 1.165) is 6.92 Å². The maximum absolute atomic E-state index is 9.81. The second-order valence-corrected chi connectivity index (χ2v) is 1.87. The van der Waals surface area contributed by atoms with Gasteiger partial charge in [0.15, 0.2) is 0 Å². The molecule has 0 aliphatic carbocycles. The van der Waals surface area contributed by atoms with Crippen LogP contribution in [0.3, 0.4) is 0 Å². The molecular weight excluding hydrogens is 150 g/mol. The van der Waals surface area contributed by atoms with Crippen molar-refractivity contribution in [1.82, 2.24) is 0 Å². The lowest BCUT2D eigenvalue weighted by Crippen LogP contribution is -2.28. The van der Waals surface area contributed by atoms with Crippen molar-refractivity contribution in [3.8, 4) is 0 Å². The molecule has 5 heteroatoms. The number of carbonyl (C=O) groups is 2. The van der Waals surface area contributed by atoms with Gasteiger partial charge in [-0.3, -0.25) is 9.59 Å². The molecule has 0 rings (SSSR count). The second kappa shape index (κ2) is 7.01. The molecule has 0 amide bonds. The molecule has 0 aliphatic rings. The summed E-state index contributed by atoms with van der Waals surface area (Å²) in [5.74, 6) is -1.76. The van der Waals surface area contributed by atoms with Gasteiger partial charge < -0.3 is 15.9 Å². The zero-order valence-electron chi connectivity index (χ0n) is 6.57. The fourth-order valence-electron chi connectivity index (χ4n) is 0.175. The first-order valence-corrected chi connectivity index (χ1v) is 3.09. The van der Waals surface area contributed by atoms with Crippen LogP contribution in [0.25, 0.3) is 0 Å². The fraction of sp³-hybridized carbons (Fsp3) is 0.667. The van der Waals surface area contributed by atoms with Crippen molar-refractivity contribution in [1.29, 1.82) is 0 Å². The molecule has 0 fully saturated rings. The molecule has 4 N–H and O–H groups in total. The van der Waals surface area contributed by atoms with Crippen LogP contribution in [0.4, 0.5) is 0 Å². The van der Waals surface area contributed by atoms with Gasteiger partial charge >= 0.3 is 5.97 Å². The van der Waals surface area contributed by atoms with Gasteiger partial charge in [0.1, 0.15) is 6.04 Å². The van der Waals surface area contributed by atoms with Gasteiger partial charge in [0, 0.05) is 6.92 Å². The van der Waals surface area contributed by atoms with E-state index in [1.807, 2.05) is 0 Å². The zero-order valence-corrected chi connectivity index (χ0v) is 6.57. The van der Waals surface area contributed by atoms with Crippen molar-refractivity contribution >= 4 is 11.9 Å². The SMILES string of the molecule is CC(=O)O.CCC(N)C(=O)O. The molecule has 0 saturated heterocycles. The lowest BCUT2D eigenvalue weighted by Gasteiger charge is -1.97. The van der Waals surface area contributed by atoms with Crippen LogP contribution in [0.2, 0.25) is 0 Å². The number of nitrogens with two attached hydrogens (primary N) is 1. The highest BCUT2D eigenvalue weighted by atomic mass is 16.4. The fourth-order valence-corrected chi connectivity index (χ4v) is 0.175. The summed E-state index contributed by atoms with van der Waals surface area (Å²) in [7, 11) is 0. The smallest absolute Gasteiger partial charge is 0.320 e. The number of rotatable bonds is 2. The van der Waals surface area contributed by atoms with Gasteiger partial charge in [0.05, 0.1) is 0 Å². The Balaban J connectivity index is 0. The Bertz CT molecular complexity index is 131. The van der Waals surface area contributed by atoms with Crippen molar-refractivity contribution in [3.63, 3.8) is 0 Å². The van der Waals surface area contributed by atoms with Gasteiger partial charge in [-0.2, -0.15) is 0 Å². The summed E-state index contributed by atoms with van der Waals surface area (Å²) in [5, 5.41) is 15.5. The summed E-state index contributed by atoms with van der Waals surface area (Å²) < 4.78 is 0. The molecule has 0 saturated carbocycles. The van der Waals surface area contributed by atoms with Crippen LogP contribution in [0.5, 0.6) is 0 Å². The molecule has 0 aliphatic heterocycles. The summed E-state index contributed by atoms with van der Waals surface area (Å²) in [6.45, 7) is 2.82.